The average molecular weight is 324 g/mol. The van der Waals surface area contributed by atoms with Crippen LogP contribution in [0.5, 0.6) is 0 Å². The van der Waals surface area contributed by atoms with Crippen LogP contribution in [-0.2, 0) is 14.3 Å². The van der Waals surface area contributed by atoms with Gasteiger partial charge in [0.1, 0.15) is 11.6 Å². The molecule has 0 aromatic heterocycles. The van der Waals surface area contributed by atoms with Crippen LogP contribution in [0.3, 0.4) is 0 Å². The molecule has 118 valence electrons. The Kier molecular flexibility index (Phi) is 6.35. The fraction of sp³-hybridized carbons (Fsp3) is 0.400. The first-order valence-corrected chi connectivity index (χ1v) is 7.09. The number of hydrogen-bond donors (Lipinski definition) is 2. The second-order valence-corrected chi connectivity index (χ2v) is 5.46. The predicted octanol–water partition coefficient (Wildman–Crippen LogP) is 2.08. The van der Waals surface area contributed by atoms with E-state index in [-0.39, 0.29) is 24.1 Å². The minimum absolute atomic E-state index is 0.0660. The number of nitrogens with one attached hydrogen (secondary N) is 2. The highest BCUT2D eigenvalue weighted by Crippen LogP contribution is 2.20. The smallest absolute Gasteiger partial charge is 0.325 e. The van der Waals surface area contributed by atoms with Gasteiger partial charge in [0.25, 0.3) is 0 Å². The zero-order valence-electron chi connectivity index (χ0n) is 12.7. The number of esters is 1. The number of nitriles is 1. The number of halogens is 1. The molecule has 1 aromatic rings. The highest BCUT2D eigenvalue weighted by molar-refractivity contribution is 6.32. The lowest BCUT2D eigenvalue weighted by Gasteiger charge is -2.23. The van der Waals surface area contributed by atoms with E-state index in [4.69, 9.17) is 21.6 Å². The summed E-state index contributed by atoms with van der Waals surface area (Å²) < 4.78 is 4.92. The number of benzene rings is 1. The van der Waals surface area contributed by atoms with Gasteiger partial charge in [-0.1, -0.05) is 11.6 Å². The van der Waals surface area contributed by atoms with Crippen LogP contribution >= 0.6 is 11.6 Å². The molecule has 0 aliphatic rings. The molecule has 0 fully saturated rings. The summed E-state index contributed by atoms with van der Waals surface area (Å²) in [6.07, 6.45) is 0. The van der Waals surface area contributed by atoms with Crippen molar-refractivity contribution in [3.8, 4) is 6.07 Å². The summed E-state index contributed by atoms with van der Waals surface area (Å²) in [5.41, 5.74) is -0.152. The van der Waals surface area contributed by atoms with Crippen molar-refractivity contribution in [1.29, 1.82) is 5.26 Å². The van der Waals surface area contributed by atoms with Gasteiger partial charge in [0.2, 0.25) is 5.91 Å². The highest BCUT2D eigenvalue weighted by atomic mass is 35.5. The minimum Gasteiger partial charge on any atom is -0.465 e. The lowest BCUT2D eigenvalue weighted by atomic mass is 10.1. The Balaban J connectivity index is 2.59. The number of hydrogen-bond acceptors (Lipinski definition) is 5. The van der Waals surface area contributed by atoms with Crippen molar-refractivity contribution >= 4 is 29.2 Å². The van der Waals surface area contributed by atoms with Crippen molar-refractivity contribution in [1.82, 2.24) is 5.32 Å². The molecule has 22 heavy (non-hydrogen) atoms. The first kappa shape index (κ1) is 18.0. The van der Waals surface area contributed by atoms with Gasteiger partial charge in [-0.3, -0.25) is 14.9 Å². The quantitative estimate of drug-likeness (QED) is 0.782. The standard InChI is InChI=1S/C15H18ClN3O3/c1-4-22-14(21)15(2,3)18-9-13(20)19-11-6-5-10(8-17)12(16)7-11/h5-7,18H,4,9H2,1-3H3,(H,19,20). The Labute approximate surface area is 134 Å². The summed E-state index contributed by atoms with van der Waals surface area (Å²) in [6, 6.07) is 6.54. The van der Waals surface area contributed by atoms with Crippen molar-refractivity contribution in [3.05, 3.63) is 28.8 Å². The van der Waals surface area contributed by atoms with Crippen molar-refractivity contribution in [2.75, 3.05) is 18.5 Å². The Morgan fingerprint density at radius 1 is 1.41 bits per heavy atom. The molecule has 1 amide bonds. The predicted molar refractivity (Wildman–Crippen MR) is 83.5 cm³/mol. The summed E-state index contributed by atoms with van der Waals surface area (Å²) in [5.74, 6) is -0.762. The minimum atomic E-state index is -0.963. The van der Waals surface area contributed by atoms with E-state index in [1.54, 1.807) is 26.8 Å². The molecule has 0 aliphatic heterocycles. The van der Waals surface area contributed by atoms with Crippen LogP contribution in [-0.4, -0.2) is 30.6 Å². The number of amides is 1. The Bertz CT molecular complexity index is 609. The molecule has 0 saturated carbocycles. The van der Waals surface area contributed by atoms with E-state index in [2.05, 4.69) is 10.6 Å². The van der Waals surface area contributed by atoms with Crippen LogP contribution in [0.25, 0.3) is 0 Å². The van der Waals surface area contributed by atoms with Crippen molar-refractivity contribution in [3.63, 3.8) is 0 Å². The Morgan fingerprint density at radius 3 is 2.64 bits per heavy atom. The third-order valence-corrected chi connectivity index (χ3v) is 3.16. The average Bonchev–Trinajstić information content (AvgIpc) is 2.46. The van der Waals surface area contributed by atoms with Crippen molar-refractivity contribution in [2.24, 2.45) is 0 Å². The van der Waals surface area contributed by atoms with Gasteiger partial charge >= 0.3 is 5.97 Å². The van der Waals surface area contributed by atoms with E-state index >= 15 is 0 Å². The summed E-state index contributed by atoms with van der Waals surface area (Å²) in [5, 5.41) is 14.5. The molecule has 6 nitrogen and oxygen atoms in total. The maximum atomic E-state index is 11.9. The van der Waals surface area contributed by atoms with Crippen LogP contribution in [0.1, 0.15) is 26.3 Å². The van der Waals surface area contributed by atoms with Crippen molar-refractivity contribution in [2.45, 2.75) is 26.3 Å². The maximum absolute atomic E-state index is 11.9. The van der Waals surface area contributed by atoms with Crippen LogP contribution in [0.4, 0.5) is 5.69 Å². The molecule has 1 rings (SSSR count). The molecule has 7 heteroatoms. The summed E-state index contributed by atoms with van der Waals surface area (Å²) in [4.78, 5) is 23.6. The van der Waals surface area contributed by atoms with Crippen molar-refractivity contribution < 1.29 is 14.3 Å². The zero-order valence-corrected chi connectivity index (χ0v) is 13.5. The largest absolute Gasteiger partial charge is 0.465 e. The molecule has 0 aliphatic carbocycles. The monoisotopic (exact) mass is 323 g/mol. The molecular formula is C15H18ClN3O3. The van der Waals surface area contributed by atoms with E-state index in [0.717, 1.165) is 0 Å². The van der Waals surface area contributed by atoms with Crippen LogP contribution < -0.4 is 10.6 Å². The molecule has 0 unspecified atom stereocenters. The Morgan fingerprint density at radius 2 is 2.09 bits per heavy atom. The lowest BCUT2D eigenvalue weighted by Crippen LogP contribution is -2.50. The fourth-order valence-electron chi connectivity index (χ4n) is 1.57. The van der Waals surface area contributed by atoms with Gasteiger partial charge < -0.3 is 10.1 Å². The van der Waals surface area contributed by atoms with E-state index in [0.29, 0.717) is 11.3 Å². The van der Waals surface area contributed by atoms with Gasteiger partial charge in [-0.25, -0.2) is 0 Å². The van der Waals surface area contributed by atoms with Gasteiger partial charge in [0.15, 0.2) is 0 Å². The summed E-state index contributed by atoms with van der Waals surface area (Å²) in [7, 11) is 0. The second-order valence-electron chi connectivity index (χ2n) is 5.05. The topological polar surface area (TPSA) is 91.2 Å². The maximum Gasteiger partial charge on any atom is 0.325 e. The van der Waals surface area contributed by atoms with Gasteiger partial charge in [-0.2, -0.15) is 5.26 Å². The number of nitrogens with zero attached hydrogens (tertiary/aromatic N) is 1. The number of ether oxygens (including phenoxy) is 1. The normalized spacial score (nSPS) is 10.7. The molecule has 0 bridgehead atoms. The molecule has 0 atom stereocenters. The molecule has 2 N–H and O–H groups in total. The van der Waals surface area contributed by atoms with Gasteiger partial charge in [0, 0.05) is 5.69 Å². The number of carbonyl (C=O) groups is 2. The zero-order chi connectivity index (χ0) is 16.8. The van der Waals surface area contributed by atoms with E-state index in [9.17, 15) is 9.59 Å². The van der Waals surface area contributed by atoms with E-state index in [1.165, 1.54) is 12.1 Å². The fourth-order valence-corrected chi connectivity index (χ4v) is 1.80. The summed E-state index contributed by atoms with van der Waals surface area (Å²) >= 11 is 5.89. The Hall–Kier alpha value is -2.10. The molecule has 0 radical (unpaired) electrons. The molecular weight excluding hydrogens is 306 g/mol. The molecule has 0 saturated heterocycles. The SMILES string of the molecule is CCOC(=O)C(C)(C)NCC(=O)Nc1ccc(C#N)c(Cl)c1. The van der Waals surface area contributed by atoms with E-state index < -0.39 is 11.5 Å². The number of carbonyl (C=O) groups excluding carboxylic acids is 2. The molecule has 0 spiro atoms. The molecule has 0 heterocycles. The first-order valence-electron chi connectivity index (χ1n) is 6.72. The van der Waals surface area contributed by atoms with E-state index in [1.807, 2.05) is 6.07 Å². The molecule has 1 aromatic carbocycles. The third kappa shape index (κ3) is 5.02. The van der Waals surface area contributed by atoms with Gasteiger partial charge in [-0.15, -0.1) is 0 Å². The highest BCUT2D eigenvalue weighted by Gasteiger charge is 2.29. The third-order valence-electron chi connectivity index (χ3n) is 2.85. The van der Waals surface area contributed by atoms with Gasteiger partial charge in [0.05, 0.1) is 23.7 Å². The number of rotatable bonds is 6. The number of anilines is 1. The summed E-state index contributed by atoms with van der Waals surface area (Å²) in [6.45, 7) is 5.20. The van der Waals surface area contributed by atoms with Crippen LogP contribution in [0, 0.1) is 11.3 Å². The first-order chi connectivity index (χ1) is 10.3. The second kappa shape index (κ2) is 7.78. The van der Waals surface area contributed by atoms with Crippen LogP contribution in [0.15, 0.2) is 18.2 Å². The van der Waals surface area contributed by atoms with Gasteiger partial charge in [-0.05, 0) is 39.0 Å². The lowest BCUT2D eigenvalue weighted by molar-refractivity contribution is -0.149. The van der Waals surface area contributed by atoms with Crippen LogP contribution in [0.2, 0.25) is 5.02 Å².